The number of hydrogen-bond donors (Lipinski definition) is 1. The molecule has 0 saturated carbocycles. The molecule has 3 rings (SSSR count). The van der Waals surface area contributed by atoms with Gasteiger partial charge in [0.25, 0.3) is 5.91 Å². The second kappa shape index (κ2) is 7.43. The molecule has 25 heavy (non-hydrogen) atoms. The molecule has 0 unspecified atom stereocenters. The van der Waals surface area contributed by atoms with Gasteiger partial charge in [0, 0.05) is 38.4 Å². The first-order valence-corrected chi connectivity index (χ1v) is 7.97. The Labute approximate surface area is 145 Å². The van der Waals surface area contributed by atoms with Crippen molar-refractivity contribution < 1.29 is 13.9 Å². The number of morpholine rings is 1. The second-order valence-electron chi connectivity index (χ2n) is 5.92. The van der Waals surface area contributed by atoms with Gasteiger partial charge >= 0.3 is 0 Å². The summed E-state index contributed by atoms with van der Waals surface area (Å²) in [5.74, 6) is -0.318. The van der Waals surface area contributed by atoms with Crippen LogP contribution in [0.15, 0.2) is 30.6 Å². The van der Waals surface area contributed by atoms with Crippen molar-refractivity contribution in [1.29, 1.82) is 0 Å². The topological polar surface area (TPSA) is 70.6 Å². The van der Waals surface area contributed by atoms with E-state index in [-0.39, 0.29) is 5.56 Å². The van der Waals surface area contributed by atoms with Crippen LogP contribution in [-0.4, -0.2) is 56.3 Å². The van der Waals surface area contributed by atoms with Gasteiger partial charge in [0.15, 0.2) is 0 Å². The number of rotatable bonds is 4. The summed E-state index contributed by atoms with van der Waals surface area (Å²) in [6.45, 7) is 2.52. The standard InChI is InChI=1S/C17H20FN5O2/c1-22(2)17-19-10-14(11-20-17)21-16(24)12-7-13(18)9-15(8-12)23-3-5-25-6-4-23/h7-11H,3-6H2,1-2H3,(H,21,24). The summed E-state index contributed by atoms with van der Waals surface area (Å²) in [7, 11) is 3.65. The number of hydrogen-bond acceptors (Lipinski definition) is 6. The molecule has 0 spiro atoms. The summed E-state index contributed by atoms with van der Waals surface area (Å²) in [6.07, 6.45) is 3.03. The molecular weight excluding hydrogens is 325 g/mol. The molecule has 1 aliphatic rings. The average molecular weight is 345 g/mol. The molecule has 2 heterocycles. The van der Waals surface area contributed by atoms with Gasteiger partial charge in [0.2, 0.25) is 5.95 Å². The molecule has 132 valence electrons. The maximum atomic E-state index is 14.0. The van der Waals surface area contributed by atoms with Gasteiger partial charge in [-0.05, 0) is 18.2 Å². The van der Waals surface area contributed by atoms with Crippen LogP contribution in [0, 0.1) is 5.82 Å². The van der Waals surface area contributed by atoms with Crippen molar-refractivity contribution in [2.75, 3.05) is 55.5 Å². The van der Waals surface area contributed by atoms with Crippen molar-refractivity contribution in [2.24, 2.45) is 0 Å². The summed E-state index contributed by atoms with van der Waals surface area (Å²) < 4.78 is 19.3. The van der Waals surface area contributed by atoms with Crippen molar-refractivity contribution in [3.8, 4) is 0 Å². The predicted molar refractivity (Wildman–Crippen MR) is 93.7 cm³/mol. The van der Waals surface area contributed by atoms with Gasteiger partial charge in [-0.25, -0.2) is 14.4 Å². The fraction of sp³-hybridized carbons (Fsp3) is 0.353. The smallest absolute Gasteiger partial charge is 0.255 e. The van der Waals surface area contributed by atoms with Crippen molar-refractivity contribution >= 4 is 23.2 Å². The summed E-state index contributed by atoms with van der Waals surface area (Å²) in [6, 6.07) is 4.32. The van der Waals surface area contributed by atoms with E-state index in [4.69, 9.17) is 4.74 Å². The number of aromatic nitrogens is 2. The van der Waals surface area contributed by atoms with Crippen LogP contribution in [0.2, 0.25) is 0 Å². The zero-order valence-corrected chi connectivity index (χ0v) is 14.2. The number of ether oxygens (including phenoxy) is 1. The lowest BCUT2D eigenvalue weighted by Gasteiger charge is -2.29. The van der Waals surface area contributed by atoms with E-state index in [0.29, 0.717) is 43.6 Å². The first-order chi connectivity index (χ1) is 12.0. The quantitative estimate of drug-likeness (QED) is 0.911. The zero-order chi connectivity index (χ0) is 17.8. The maximum absolute atomic E-state index is 14.0. The fourth-order valence-electron chi connectivity index (χ4n) is 2.53. The highest BCUT2D eigenvalue weighted by molar-refractivity contribution is 6.04. The molecular formula is C17H20FN5O2. The van der Waals surface area contributed by atoms with E-state index < -0.39 is 11.7 Å². The zero-order valence-electron chi connectivity index (χ0n) is 14.2. The Kier molecular flexibility index (Phi) is 5.08. The second-order valence-corrected chi connectivity index (χ2v) is 5.92. The lowest BCUT2D eigenvalue weighted by molar-refractivity contribution is 0.102. The van der Waals surface area contributed by atoms with E-state index >= 15 is 0 Å². The Bertz CT molecular complexity index is 745. The van der Waals surface area contributed by atoms with Gasteiger partial charge in [-0.1, -0.05) is 0 Å². The van der Waals surface area contributed by atoms with Crippen LogP contribution in [0.25, 0.3) is 0 Å². The normalized spacial score (nSPS) is 14.3. The molecule has 1 aromatic carbocycles. The van der Waals surface area contributed by atoms with E-state index in [0.717, 1.165) is 0 Å². The molecule has 0 bridgehead atoms. The molecule has 0 atom stereocenters. The number of carbonyl (C=O) groups is 1. The van der Waals surface area contributed by atoms with Crippen LogP contribution in [0.1, 0.15) is 10.4 Å². The third kappa shape index (κ3) is 4.21. The minimum Gasteiger partial charge on any atom is -0.378 e. The monoisotopic (exact) mass is 345 g/mol. The average Bonchev–Trinajstić information content (AvgIpc) is 2.62. The van der Waals surface area contributed by atoms with Crippen molar-refractivity contribution in [2.45, 2.75) is 0 Å². The van der Waals surface area contributed by atoms with Gasteiger partial charge in [-0.15, -0.1) is 0 Å². The fourth-order valence-corrected chi connectivity index (χ4v) is 2.53. The SMILES string of the molecule is CN(C)c1ncc(NC(=O)c2cc(F)cc(N3CCOCC3)c2)cn1. The largest absolute Gasteiger partial charge is 0.378 e. The van der Waals surface area contributed by atoms with Crippen LogP contribution in [0.4, 0.5) is 21.7 Å². The Balaban J connectivity index is 1.76. The van der Waals surface area contributed by atoms with Crippen molar-refractivity contribution in [3.63, 3.8) is 0 Å². The highest BCUT2D eigenvalue weighted by Crippen LogP contribution is 2.21. The van der Waals surface area contributed by atoms with E-state index in [1.165, 1.54) is 24.5 Å². The van der Waals surface area contributed by atoms with Crippen LogP contribution in [-0.2, 0) is 4.74 Å². The van der Waals surface area contributed by atoms with E-state index in [9.17, 15) is 9.18 Å². The first-order valence-electron chi connectivity index (χ1n) is 7.97. The minimum atomic E-state index is -0.451. The lowest BCUT2D eigenvalue weighted by Crippen LogP contribution is -2.36. The number of carbonyl (C=O) groups excluding carboxylic acids is 1. The first kappa shape index (κ1) is 17.1. The highest BCUT2D eigenvalue weighted by atomic mass is 19.1. The van der Waals surface area contributed by atoms with Gasteiger partial charge in [-0.2, -0.15) is 0 Å². The molecule has 7 nitrogen and oxygen atoms in total. The molecule has 2 aromatic rings. The Morgan fingerprint density at radius 1 is 1.20 bits per heavy atom. The van der Waals surface area contributed by atoms with Crippen LogP contribution in [0.5, 0.6) is 0 Å². The maximum Gasteiger partial charge on any atom is 0.255 e. The summed E-state index contributed by atoms with van der Waals surface area (Å²) >= 11 is 0. The number of nitrogens with zero attached hydrogens (tertiary/aromatic N) is 4. The van der Waals surface area contributed by atoms with Gasteiger partial charge in [0.05, 0.1) is 31.3 Å². The van der Waals surface area contributed by atoms with Gasteiger partial charge in [0.1, 0.15) is 5.82 Å². The molecule has 1 saturated heterocycles. The lowest BCUT2D eigenvalue weighted by atomic mass is 10.1. The van der Waals surface area contributed by atoms with E-state index in [1.807, 2.05) is 19.0 Å². The Morgan fingerprint density at radius 3 is 2.52 bits per heavy atom. The number of halogens is 1. The molecule has 1 fully saturated rings. The third-order valence-corrected chi connectivity index (χ3v) is 3.82. The number of anilines is 3. The molecule has 0 radical (unpaired) electrons. The summed E-state index contributed by atoms with van der Waals surface area (Å²) in [5, 5.41) is 2.69. The molecule has 1 aliphatic heterocycles. The Hall–Kier alpha value is -2.74. The third-order valence-electron chi connectivity index (χ3n) is 3.82. The molecule has 8 heteroatoms. The highest BCUT2D eigenvalue weighted by Gasteiger charge is 2.16. The molecule has 1 amide bonds. The van der Waals surface area contributed by atoms with Crippen LogP contribution in [0.3, 0.4) is 0 Å². The predicted octanol–water partition coefficient (Wildman–Crippen LogP) is 1.77. The summed E-state index contributed by atoms with van der Waals surface area (Å²) in [5.41, 5.74) is 1.37. The van der Waals surface area contributed by atoms with Gasteiger partial charge < -0.3 is 19.9 Å². The van der Waals surface area contributed by atoms with Crippen molar-refractivity contribution in [3.05, 3.63) is 42.0 Å². The van der Waals surface area contributed by atoms with Crippen molar-refractivity contribution in [1.82, 2.24) is 9.97 Å². The van der Waals surface area contributed by atoms with E-state index in [1.54, 1.807) is 11.0 Å². The Morgan fingerprint density at radius 2 is 1.88 bits per heavy atom. The minimum absolute atomic E-state index is 0.248. The molecule has 1 aromatic heterocycles. The number of benzene rings is 1. The van der Waals surface area contributed by atoms with Crippen LogP contribution < -0.4 is 15.1 Å². The molecule has 0 aliphatic carbocycles. The summed E-state index contributed by atoms with van der Waals surface area (Å²) in [4.78, 5) is 24.5. The van der Waals surface area contributed by atoms with Gasteiger partial charge in [-0.3, -0.25) is 4.79 Å². The number of amides is 1. The van der Waals surface area contributed by atoms with Crippen LogP contribution >= 0.6 is 0 Å². The molecule has 1 N–H and O–H groups in total. The van der Waals surface area contributed by atoms with E-state index in [2.05, 4.69) is 15.3 Å². The number of nitrogens with one attached hydrogen (secondary N) is 1.